The van der Waals surface area contributed by atoms with Gasteiger partial charge in [0, 0.05) is 12.1 Å². The van der Waals surface area contributed by atoms with Gasteiger partial charge in [-0.15, -0.1) is 0 Å². The number of nitrogens with zero attached hydrogens (tertiary/aromatic N) is 1. The van der Waals surface area contributed by atoms with Crippen LogP contribution >= 0.6 is 0 Å². The number of sulfonamides is 1. The SMILES string of the molecule is Cc1cc(C(C)(C)C)cc(C)c1S(=O)(=O)N(C1CC1)C1CCS(=O)(=O)C1. The van der Waals surface area contributed by atoms with E-state index in [1.807, 2.05) is 26.0 Å². The van der Waals surface area contributed by atoms with Gasteiger partial charge in [-0.25, -0.2) is 16.8 Å². The molecule has 7 heteroatoms. The molecular formula is C19H29NO4S2. The molecule has 146 valence electrons. The summed E-state index contributed by atoms with van der Waals surface area (Å²) in [6.07, 6.45) is 2.03. The Balaban J connectivity index is 2.06. The van der Waals surface area contributed by atoms with Gasteiger partial charge in [-0.1, -0.05) is 32.9 Å². The van der Waals surface area contributed by atoms with Crippen LogP contribution in [0, 0.1) is 13.8 Å². The molecule has 1 saturated heterocycles. The molecule has 1 aromatic rings. The first-order valence-corrected chi connectivity index (χ1v) is 12.4. The molecule has 0 bridgehead atoms. The molecule has 0 amide bonds. The zero-order valence-corrected chi connectivity index (χ0v) is 17.9. The zero-order valence-electron chi connectivity index (χ0n) is 16.2. The lowest BCUT2D eigenvalue weighted by atomic mass is 9.85. The molecule has 5 nitrogen and oxygen atoms in total. The summed E-state index contributed by atoms with van der Waals surface area (Å²) in [6.45, 7) is 10.00. The second-order valence-electron chi connectivity index (χ2n) is 8.81. The maximum absolute atomic E-state index is 13.5. The number of aryl methyl sites for hydroxylation is 2. The van der Waals surface area contributed by atoms with Crippen LogP contribution in [0.4, 0.5) is 0 Å². The molecule has 1 heterocycles. The van der Waals surface area contributed by atoms with Gasteiger partial charge in [0.25, 0.3) is 0 Å². The van der Waals surface area contributed by atoms with E-state index < -0.39 is 25.9 Å². The average molecular weight is 400 g/mol. The quantitative estimate of drug-likeness (QED) is 0.780. The van der Waals surface area contributed by atoms with Crippen molar-refractivity contribution >= 4 is 19.9 Å². The van der Waals surface area contributed by atoms with E-state index in [2.05, 4.69) is 20.8 Å². The lowest BCUT2D eigenvalue weighted by Gasteiger charge is -2.30. The highest BCUT2D eigenvalue weighted by Crippen LogP contribution is 2.39. The Labute approximate surface area is 157 Å². The summed E-state index contributed by atoms with van der Waals surface area (Å²) in [7, 11) is -6.87. The third-order valence-corrected chi connectivity index (χ3v) is 9.40. The molecule has 0 aromatic heterocycles. The predicted molar refractivity (Wildman–Crippen MR) is 104 cm³/mol. The van der Waals surface area contributed by atoms with Crippen molar-refractivity contribution in [2.45, 2.75) is 76.3 Å². The summed E-state index contributed by atoms with van der Waals surface area (Å²) < 4.78 is 52.4. The van der Waals surface area contributed by atoms with Crippen molar-refractivity contribution in [3.63, 3.8) is 0 Å². The van der Waals surface area contributed by atoms with Gasteiger partial charge in [-0.05, 0) is 55.2 Å². The molecular weight excluding hydrogens is 370 g/mol. The zero-order chi connectivity index (χ0) is 19.5. The standard InChI is InChI=1S/C19H29NO4S2/c1-13-10-15(19(3,4)5)11-14(2)18(13)26(23,24)20(16-6-7-16)17-8-9-25(21,22)12-17/h10-11,16-17H,6-9,12H2,1-5H3. The second-order valence-corrected chi connectivity index (χ2v) is 12.8. The van der Waals surface area contributed by atoms with Crippen molar-refractivity contribution in [3.8, 4) is 0 Å². The molecule has 2 aliphatic rings. The van der Waals surface area contributed by atoms with Gasteiger partial charge in [-0.2, -0.15) is 4.31 Å². The molecule has 1 saturated carbocycles. The van der Waals surface area contributed by atoms with Gasteiger partial charge in [-0.3, -0.25) is 0 Å². The van der Waals surface area contributed by atoms with Crippen molar-refractivity contribution in [2.24, 2.45) is 0 Å². The molecule has 26 heavy (non-hydrogen) atoms. The predicted octanol–water partition coefficient (Wildman–Crippen LogP) is 2.94. The van der Waals surface area contributed by atoms with Crippen LogP contribution in [0.1, 0.15) is 56.7 Å². The molecule has 3 rings (SSSR count). The van der Waals surface area contributed by atoms with Crippen molar-refractivity contribution in [1.82, 2.24) is 4.31 Å². The maximum Gasteiger partial charge on any atom is 0.244 e. The Hall–Kier alpha value is -0.920. The number of sulfone groups is 1. The van der Waals surface area contributed by atoms with E-state index in [9.17, 15) is 16.8 Å². The van der Waals surface area contributed by atoms with Gasteiger partial charge < -0.3 is 0 Å². The summed E-state index contributed by atoms with van der Waals surface area (Å²) in [5.41, 5.74) is 2.52. The molecule has 0 N–H and O–H groups in total. The van der Waals surface area contributed by atoms with E-state index in [0.29, 0.717) is 11.3 Å². The van der Waals surface area contributed by atoms with Crippen LogP contribution in [-0.4, -0.2) is 44.7 Å². The summed E-state index contributed by atoms with van der Waals surface area (Å²) in [6, 6.07) is 3.42. The van der Waals surface area contributed by atoms with Crippen LogP contribution < -0.4 is 0 Å². The van der Waals surface area contributed by atoms with E-state index in [1.54, 1.807) is 0 Å². The number of hydrogen-bond acceptors (Lipinski definition) is 4. The summed E-state index contributed by atoms with van der Waals surface area (Å²) in [5.74, 6) is 0.0260. The van der Waals surface area contributed by atoms with Crippen LogP contribution in [-0.2, 0) is 25.3 Å². The Morgan fingerprint density at radius 2 is 1.54 bits per heavy atom. The number of benzene rings is 1. The van der Waals surface area contributed by atoms with Gasteiger partial charge in [0.2, 0.25) is 10.0 Å². The van der Waals surface area contributed by atoms with Crippen LogP contribution in [0.15, 0.2) is 17.0 Å². The molecule has 2 fully saturated rings. The highest BCUT2D eigenvalue weighted by molar-refractivity contribution is 7.92. The first kappa shape index (κ1) is 19.8. The molecule has 0 spiro atoms. The minimum absolute atomic E-state index is 0.0547. The minimum Gasteiger partial charge on any atom is -0.229 e. The summed E-state index contributed by atoms with van der Waals surface area (Å²) in [5, 5.41) is 0. The maximum atomic E-state index is 13.5. The van der Waals surface area contributed by atoms with Crippen molar-refractivity contribution in [3.05, 3.63) is 28.8 Å². The van der Waals surface area contributed by atoms with E-state index in [4.69, 9.17) is 0 Å². The van der Waals surface area contributed by atoms with Gasteiger partial charge in [0.1, 0.15) is 0 Å². The van der Waals surface area contributed by atoms with Crippen molar-refractivity contribution in [1.29, 1.82) is 0 Å². The Morgan fingerprint density at radius 1 is 1.00 bits per heavy atom. The Kier molecular flexibility index (Phi) is 4.81. The minimum atomic E-state index is -3.73. The summed E-state index contributed by atoms with van der Waals surface area (Å²) >= 11 is 0. The van der Waals surface area contributed by atoms with Crippen LogP contribution in [0.5, 0.6) is 0 Å². The monoisotopic (exact) mass is 399 g/mol. The average Bonchev–Trinajstić information content (AvgIpc) is 3.20. The first-order valence-electron chi connectivity index (χ1n) is 9.18. The van der Waals surface area contributed by atoms with E-state index in [0.717, 1.165) is 29.5 Å². The lowest BCUT2D eigenvalue weighted by molar-refractivity contribution is 0.332. The first-order chi connectivity index (χ1) is 11.8. The van der Waals surface area contributed by atoms with Crippen LogP contribution in [0.25, 0.3) is 0 Å². The second kappa shape index (κ2) is 6.31. The third-order valence-electron chi connectivity index (χ3n) is 5.34. The number of rotatable bonds is 4. The normalized spacial score (nSPS) is 23.5. The van der Waals surface area contributed by atoms with Crippen molar-refractivity contribution < 1.29 is 16.8 Å². The largest absolute Gasteiger partial charge is 0.244 e. The number of hydrogen-bond donors (Lipinski definition) is 0. The Bertz CT molecular complexity index is 900. The topological polar surface area (TPSA) is 71.5 Å². The third kappa shape index (κ3) is 3.71. The van der Waals surface area contributed by atoms with E-state index in [-0.39, 0.29) is 23.0 Å². The molecule has 1 atom stereocenters. The Morgan fingerprint density at radius 3 is 1.92 bits per heavy atom. The highest BCUT2D eigenvalue weighted by Gasteiger charge is 2.47. The fourth-order valence-electron chi connectivity index (χ4n) is 3.89. The van der Waals surface area contributed by atoms with Crippen LogP contribution in [0.2, 0.25) is 0 Å². The van der Waals surface area contributed by atoms with Crippen molar-refractivity contribution in [2.75, 3.05) is 11.5 Å². The van der Waals surface area contributed by atoms with Gasteiger partial charge in [0.05, 0.1) is 16.4 Å². The van der Waals surface area contributed by atoms with E-state index in [1.165, 1.54) is 4.31 Å². The van der Waals surface area contributed by atoms with Crippen LogP contribution in [0.3, 0.4) is 0 Å². The summed E-state index contributed by atoms with van der Waals surface area (Å²) in [4.78, 5) is 0.349. The fraction of sp³-hybridized carbons (Fsp3) is 0.684. The van der Waals surface area contributed by atoms with Gasteiger partial charge in [0.15, 0.2) is 9.84 Å². The molecule has 1 aromatic carbocycles. The molecule has 1 aliphatic carbocycles. The molecule has 1 unspecified atom stereocenters. The van der Waals surface area contributed by atoms with E-state index >= 15 is 0 Å². The smallest absolute Gasteiger partial charge is 0.229 e. The fourth-order valence-corrected chi connectivity index (χ4v) is 8.02. The van der Waals surface area contributed by atoms with Gasteiger partial charge >= 0.3 is 0 Å². The highest BCUT2D eigenvalue weighted by atomic mass is 32.2. The molecule has 0 radical (unpaired) electrons. The lowest BCUT2D eigenvalue weighted by Crippen LogP contribution is -2.43. The molecule has 1 aliphatic heterocycles.